The minimum absolute atomic E-state index is 0.119. The number of rotatable bonds is 8. The van der Waals surface area contributed by atoms with E-state index in [2.05, 4.69) is 10.6 Å². The molecule has 3 aromatic rings. The number of anilines is 2. The van der Waals surface area contributed by atoms with Crippen molar-refractivity contribution in [2.75, 3.05) is 23.8 Å². The number of hydrogen-bond acceptors (Lipinski definition) is 5. The van der Waals surface area contributed by atoms with Gasteiger partial charge in [-0.2, -0.15) is 0 Å². The lowest BCUT2D eigenvalue weighted by Gasteiger charge is -2.11. The number of para-hydroxylation sites is 1. The average molecular weight is 437 g/mol. The van der Waals surface area contributed by atoms with Crippen LogP contribution in [0, 0.1) is 0 Å². The van der Waals surface area contributed by atoms with Gasteiger partial charge in [-0.3, -0.25) is 9.59 Å². The van der Waals surface area contributed by atoms with Gasteiger partial charge in [0.1, 0.15) is 16.5 Å². The molecule has 1 heterocycles. The van der Waals surface area contributed by atoms with Crippen LogP contribution in [0.25, 0.3) is 0 Å². The molecule has 0 radical (unpaired) electrons. The van der Waals surface area contributed by atoms with Crippen LogP contribution >= 0.6 is 11.3 Å². The summed E-state index contributed by atoms with van der Waals surface area (Å²) < 4.78 is 11.0. The third-order valence-corrected chi connectivity index (χ3v) is 6.14. The van der Waals surface area contributed by atoms with E-state index in [0.29, 0.717) is 28.6 Å². The lowest BCUT2D eigenvalue weighted by Crippen LogP contribution is -2.22. The highest BCUT2D eigenvalue weighted by Gasteiger charge is 2.27. The van der Waals surface area contributed by atoms with Gasteiger partial charge in [-0.15, -0.1) is 11.3 Å². The second-order valence-electron chi connectivity index (χ2n) is 7.12. The Kier molecular flexibility index (Phi) is 6.52. The molecule has 6 nitrogen and oxygen atoms in total. The van der Waals surface area contributed by atoms with Gasteiger partial charge >= 0.3 is 0 Å². The molecule has 1 aromatic heterocycles. The van der Waals surface area contributed by atoms with Crippen molar-refractivity contribution in [3.63, 3.8) is 0 Å². The Morgan fingerprint density at radius 2 is 1.68 bits per heavy atom. The molecule has 0 atom stereocenters. The van der Waals surface area contributed by atoms with Crippen molar-refractivity contribution in [3.05, 3.63) is 70.6 Å². The zero-order valence-corrected chi connectivity index (χ0v) is 18.1. The molecule has 2 amide bonds. The fourth-order valence-electron chi connectivity index (χ4n) is 3.56. The molecular formula is C24H24N2O4S. The molecule has 2 N–H and O–H groups in total. The third-order valence-electron chi connectivity index (χ3n) is 4.94. The number of carbonyl (C=O) groups is 2. The SMILES string of the molecule is CCOc1ccc(NC(=O)c2c(NC(=O)COc3ccccc3)sc3c2CCC3)cc1. The largest absolute Gasteiger partial charge is 0.494 e. The second-order valence-corrected chi connectivity index (χ2v) is 8.23. The predicted molar refractivity (Wildman–Crippen MR) is 122 cm³/mol. The van der Waals surface area contributed by atoms with Gasteiger partial charge in [0.2, 0.25) is 0 Å². The molecule has 0 aliphatic heterocycles. The first kappa shape index (κ1) is 20.9. The van der Waals surface area contributed by atoms with E-state index >= 15 is 0 Å². The van der Waals surface area contributed by atoms with Gasteiger partial charge in [0.15, 0.2) is 6.61 Å². The van der Waals surface area contributed by atoms with Crippen LogP contribution < -0.4 is 20.1 Å². The standard InChI is InChI=1S/C24H24N2O4S/c1-2-29-18-13-11-16(12-14-18)25-23(28)22-19-9-6-10-20(19)31-24(22)26-21(27)15-30-17-7-4-3-5-8-17/h3-5,7-8,11-14H,2,6,9-10,15H2,1H3,(H,25,28)(H,26,27). The number of hydrogen-bond donors (Lipinski definition) is 2. The van der Waals surface area contributed by atoms with Gasteiger partial charge in [-0.1, -0.05) is 18.2 Å². The van der Waals surface area contributed by atoms with Gasteiger partial charge in [-0.05, 0) is 68.1 Å². The maximum Gasteiger partial charge on any atom is 0.262 e. The van der Waals surface area contributed by atoms with Crippen LogP contribution in [0.4, 0.5) is 10.7 Å². The number of carbonyl (C=O) groups excluding carboxylic acids is 2. The zero-order valence-electron chi connectivity index (χ0n) is 17.3. The minimum atomic E-state index is -0.293. The summed E-state index contributed by atoms with van der Waals surface area (Å²) in [5.41, 5.74) is 2.27. The molecule has 0 unspecified atom stereocenters. The lowest BCUT2D eigenvalue weighted by atomic mass is 10.1. The van der Waals surface area contributed by atoms with Crippen molar-refractivity contribution in [3.8, 4) is 11.5 Å². The van der Waals surface area contributed by atoms with Crippen molar-refractivity contribution in [2.24, 2.45) is 0 Å². The molecule has 0 spiro atoms. The molecule has 160 valence electrons. The van der Waals surface area contributed by atoms with Crippen molar-refractivity contribution < 1.29 is 19.1 Å². The Hall–Kier alpha value is -3.32. The van der Waals surface area contributed by atoms with Crippen molar-refractivity contribution in [1.29, 1.82) is 0 Å². The van der Waals surface area contributed by atoms with E-state index in [4.69, 9.17) is 9.47 Å². The van der Waals surface area contributed by atoms with E-state index in [9.17, 15) is 9.59 Å². The van der Waals surface area contributed by atoms with Crippen LogP contribution in [0.2, 0.25) is 0 Å². The molecule has 2 aromatic carbocycles. The van der Waals surface area contributed by atoms with E-state index in [1.54, 1.807) is 24.3 Å². The number of fused-ring (bicyclic) bond motifs is 1. The molecule has 0 saturated carbocycles. The molecule has 1 aliphatic rings. The summed E-state index contributed by atoms with van der Waals surface area (Å²) in [4.78, 5) is 26.7. The maximum atomic E-state index is 13.1. The monoisotopic (exact) mass is 436 g/mol. The Labute approximate surface area is 185 Å². The van der Waals surface area contributed by atoms with Gasteiger partial charge in [0, 0.05) is 10.6 Å². The van der Waals surface area contributed by atoms with Gasteiger partial charge < -0.3 is 20.1 Å². The first-order valence-electron chi connectivity index (χ1n) is 10.3. The Balaban J connectivity index is 1.46. The van der Waals surface area contributed by atoms with Crippen LogP contribution in [0.3, 0.4) is 0 Å². The van der Waals surface area contributed by atoms with E-state index in [1.807, 2.05) is 37.3 Å². The fourth-order valence-corrected chi connectivity index (χ4v) is 4.86. The Morgan fingerprint density at radius 3 is 2.42 bits per heavy atom. The molecule has 31 heavy (non-hydrogen) atoms. The summed E-state index contributed by atoms with van der Waals surface area (Å²) in [6, 6.07) is 16.4. The normalized spacial score (nSPS) is 12.2. The Bertz CT molecular complexity index is 1060. The average Bonchev–Trinajstić information content (AvgIpc) is 3.35. The second kappa shape index (κ2) is 9.66. The molecule has 0 fully saturated rings. The van der Waals surface area contributed by atoms with Gasteiger partial charge in [0.25, 0.3) is 11.8 Å². The highest BCUT2D eigenvalue weighted by Crippen LogP contribution is 2.39. The van der Waals surface area contributed by atoms with Crippen LogP contribution in [-0.2, 0) is 17.6 Å². The third kappa shape index (κ3) is 5.06. The molecule has 0 saturated heterocycles. The number of ether oxygens (including phenoxy) is 2. The Morgan fingerprint density at radius 1 is 0.935 bits per heavy atom. The van der Waals surface area contributed by atoms with E-state index in [1.165, 1.54) is 11.3 Å². The number of benzene rings is 2. The summed E-state index contributed by atoms with van der Waals surface area (Å²) >= 11 is 1.48. The van der Waals surface area contributed by atoms with Crippen LogP contribution in [0.15, 0.2) is 54.6 Å². The first-order chi connectivity index (χ1) is 15.1. The zero-order chi connectivity index (χ0) is 21.6. The number of thiophene rings is 1. The topological polar surface area (TPSA) is 76.7 Å². The van der Waals surface area contributed by atoms with E-state index in [0.717, 1.165) is 35.5 Å². The summed E-state index contributed by atoms with van der Waals surface area (Å²) in [6.07, 6.45) is 2.80. The van der Waals surface area contributed by atoms with Crippen molar-refractivity contribution in [1.82, 2.24) is 0 Å². The minimum Gasteiger partial charge on any atom is -0.494 e. The van der Waals surface area contributed by atoms with Gasteiger partial charge in [0.05, 0.1) is 12.2 Å². The van der Waals surface area contributed by atoms with Crippen molar-refractivity contribution >= 4 is 33.8 Å². The number of amides is 2. The molecular weight excluding hydrogens is 412 g/mol. The molecule has 1 aliphatic carbocycles. The van der Waals surface area contributed by atoms with Crippen molar-refractivity contribution in [2.45, 2.75) is 26.2 Å². The quantitative estimate of drug-likeness (QED) is 0.526. The number of nitrogens with one attached hydrogen (secondary N) is 2. The summed E-state index contributed by atoms with van der Waals surface area (Å²) in [5.74, 6) is 0.866. The lowest BCUT2D eigenvalue weighted by molar-refractivity contribution is -0.118. The smallest absolute Gasteiger partial charge is 0.262 e. The van der Waals surface area contributed by atoms with E-state index in [-0.39, 0.29) is 18.4 Å². The molecule has 7 heteroatoms. The summed E-state index contributed by atoms with van der Waals surface area (Å²) in [6.45, 7) is 2.39. The predicted octanol–water partition coefficient (Wildman–Crippen LogP) is 4.91. The van der Waals surface area contributed by atoms with Crippen LogP contribution in [0.5, 0.6) is 11.5 Å². The highest BCUT2D eigenvalue weighted by atomic mass is 32.1. The van der Waals surface area contributed by atoms with Gasteiger partial charge in [-0.25, -0.2) is 0 Å². The molecule has 4 rings (SSSR count). The number of aryl methyl sites for hydroxylation is 1. The van der Waals surface area contributed by atoms with E-state index < -0.39 is 0 Å². The fraction of sp³-hybridized carbons (Fsp3) is 0.250. The van der Waals surface area contributed by atoms with Crippen LogP contribution in [-0.4, -0.2) is 25.0 Å². The first-order valence-corrected chi connectivity index (χ1v) is 11.1. The molecule has 0 bridgehead atoms. The van der Waals surface area contributed by atoms with Crippen LogP contribution in [0.1, 0.15) is 34.1 Å². The highest BCUT2D eigenvalue weighted by molar-refractivity contribution is 7.17. The maximum absolute atomic E-state index is 13.1. The summed E-state index contributed by atoms with van der Waals surface area (Å²) in [7, 11) is 0. The summed E-state index contributed by atoms with van der Waals surface area (Å²) in [5, 5.41) is 6.40.